The molecule has 0 saturated heterocycles. The largest absolute Gasteiger partial charge is 0.393 e. The van der Waals surface area contributed by atoms with Crippen molar-refractivity contribution in [2.24, 2.45) is 34.5 Å². The van der Waals surface area contributed by atoms with E-state index in [9.17, 15) is 9.90 Å². The molecule has 0 heterocycles. The Labute approximate surface area is 140 Å². The molecular formula is C20H32O3. The van der Waals surface area contributed by atoms with E-state index in [4.69, 9.17) is 4.74 Å². The van der Waals surface area contributed by atoms with Gasteiger partial charge in [-0.15, -0.1) is 0 Å². The van der Waals surface area contributed by atoms with Crippen LogP contribution in [0.25, 0.3) is 0 Å². The lowest BCUT2D eigenvalue weighted by Crippen LogP contribution is -2.59. The van der Waals surface area contributed by atoms with Crippen LogP contribution in [0, 0.1) is 34.5 Å². The first-order valence-corrected chi connectivity index (χ1v) is 9.64. The van der Waals surface area contributed by atoms with Gasteiger partial charge in [-0.3, -0.25) is 4.79 Å². The van der Waals surface area contributed by atoms with Crippen molar-refractivity contribution in [1.29, 1.82) is 0 Å². The minimum absolute atomic E-state index is 0.189. The molecule has 0 aromatic carbocycles. The predicted molar refractivity (Wildman–Crippen MR) is 88.9 cm³/mol. The average Bonchev–Trinajstić information content (AvgIpc) is 2.80. The van der Waals surface area contributed by atoms with Crippen molar-refractivity contribution >= 4 is 5.78 Å². The van der Waals surface area contributed by atoms with Crippen molar-refractivity contribution in [2.75, 3.05) is 7.11 Å². The maximum absolute atomic E-state index is 12.5. The van der Waals surface area contributed by atoms with Crippen molar-refractivity contribution in [2.45, 2.75) is 77.4 Å². The van der Waals surface area contributed by atoms with Crippen molar-refractivity contribution in [3.63, 3.8) is 0 Å². The number of carbonyl (C=O) groups excluding carboxylic acids is 1. The molecule has 3 heteroatoms. The molecule has 0 aromatic rings. The summed E-state index contributed by atoms with van der Waals surface area (Å²) >= 11 is 0. The third-order valence-corrected chi connectivity index (χ3v) is 8.54. The lowest BCUT2D eigenvalue weighted by molar-refractivity contribution is -0.179. The molecule has 0 aromatic heterocycles. The van der Waals surface area contributed by atoms with E-state index in [1.165, 1.54) is 25.7 Å². The fourth-order valence-corrected chi connectivity index (χ4v) is 7.41. The van der Waals surface area contributed by atoms with Gasteiger partial charge in [0.25, 0.3) is 0 Å². The van der Waals surface area contributed by atoms with Crippen molar-refractivity contribution < 1.29 is 14.6 Å². The Morgan fingerprint density at radius 1 is 1.09 bits per heavy atom. The molecule has 4 rings (SSSR count). The number of aliphatic hydroxyl groups excluding tert-OH is 1. The predicted octanol–water partition coefficient (Wildman–Crippen LogP) is 3.58. The van der Waals surface area contributed by atoms with Crippen LogP contribution in [0.1, 0.15) is 65.2 Å². The van der Waals surface area contributed by atoms with E-state index in [1.54, 1.807) is 0 Å². The number of ketones is 1. The van der Waals surface area contributed by atoms with E-state index in [-0.39, 0.29) is 16.9 Å². The van der Waals surface area contributed by atoms with E-state index in [1.807, 2.05) is 7.11 Å². The number of methoxy groups -OCH3 is 1. The standard InChI is InChI=1S/C20H32O3/c1-19-10-13(23-3)6-4-12(19)5-7-14-15-8-9-17(22)20(15,2)11-16(21)18(14)19/h12-16,18,21H,4-11H2,1-3H3. The molecule has 0 aliphatic heterocycles. The monoisotopic (exact) mass is 320 g/mol. The van der Waals surface area contributed by atoms with Crippen LogP contribution >= 0.6 is 0 Å². The molecule has 0 spiro atoms. The summed E-state index contributed by atoms with van der Waals surface area (Å²) in [6, 6.07) is 0. The Bertz CT molecular complexity index is 503. The fraction of sp³-hybridized carbons (Fsp3) is 0.950. The second-order valence-electron chi connectivity index (χ2n) is 9.37. The fourth-order valence-electron chi connectivity index (χ4n) is 7.41. The van der Waals surface area contributed by atoms with Crippen LogP contribution in [0.2, 0.25) is 0 Å². The van der Waals surface area contributed by atoms with E-state index >= 15 is 0 Å². The summed E-state index contributed by atoms with van der Waals surface area (Å²) in [5.41, 5.74) is -0.0622. The minimum Gasteiger partial charge on any atom is -0.393 e. The Balaban J connectivity index is 1.69. The maximum Gasteiger partial charge on any atom is 0.139 e. The first kappa shape index (κ1) is 16.1. The number of carbonyl (C=O) groups is 1. The Hall–Kier alpha value is -0.410. The first-order chi connectivity index (χ1) is 10.9. The molecule has 3 nitrogen and oxygen atoms in total. The maximum atomic E-state index is 12.5. The molecule has 8 atom stereocenters. The second-order valence-corrected chi connectivity index (χ2v) is 9.37. The number of hydrogen-bond acceptors (Lipinski definition) is 3. The highest BCUT2D eigenvalue weighted by molar-refractivity contribution is 5.87. The number of Topliss-reactive ketones (excluding diaryl/α,β-unsaturated/α-hetero) is 1. The van der Waals surface area contributed by atoms with Crippen LogP contribution in [0.5, 0.6) is 0 Å². The van der Waals surface area contributed by atoms with Gasteiger partial charge in [0.15, 0.2) is 0 Å². The van der Waals surface area contributed by atoms with Gasteiger partial charge in [-0.05, 0) is 74.0 Å². The van der Waals surface area contributed by atoms with Crippen LogP contribution in [-0.4, -0.2) is 30.2 Å². The van der Waals surface area contributed by atoms with E-state index in [2.05, 4.69) is 13.8 Å². The molecule has 4 aliphatic carbocycles. The third-order valence-electron chi connectivity index (χ3n) is 8.54. The smallest absolute Gasteiger partial charge is 0.139 e. The normalized spacial score (nSPS) is 55.9. The van der Waals surface area contributed by atoms with Crippen molar-refractivity contribution in [1.82, 2.24) is 0 Å². The summed E-state index contributed by atoms with van der Waals surface area (Å²) in [5.74, 6) is 2.54. The van der Waals surface area contributed by atoms with Crippen LogP contribution < -0.4 is 0 Å². The minimum atomic E-state index is -0.313. The van der Waals surface area contributed by atoms with Crippen LogP contribution in [0.15, 0.2) is 0 Å². The number of fused-ring (bicyclic) bond motifs is 5. The van der Waals surface area contributed by atoms with Gasteiger partial charge in [0.1, 0.15) is 5.78 Å². The van der Waals surface area contributed by atoms with Gasteiger partial charge in [0, 0.05) is 18.9 Å². The van der Waals surface area contributed by atoms with Gasteiger partial charge in [-0.25, -0.2) is 0 Å². The molecule has 4 aliphatic rings. The van der Waals surface area contributed by atoms with E-state index < -0.39 is 0 Å². The van der Waals surface area contributed by atoms with Gasteiger partial charge < -0.3 is 9.84 Å². The number of rotatable bonds is 1. The first-order valence-electron chi connectivity index (χ1n) is 9.64. The summed E-state index contributed by atoms with van der Waals surface area (Å²) in [6.45, 7) is 4.56. The van der Waals surface area contributed by atoms with Crippen molar-refractivity contribution in [3.05, 3.63) is 0 Å². The third kappa shape index (κ3) is 2.12. The zero-order valence-electron chi connectivity index (χ0n) is 14.9. The second kappa shape index (κ2) is 5.29. The number of aliphatic hydroxyl groups is 1. The summed E-state index contributed by atoms with van der Waals surface area (Å²) in [6.07, 6.45) is 8.51. The van der Waals surface area contributed by atoms with Gasteiger partial charge in [-0.1, -0.05) is 13.8 Å². The lowest BCUT2D eigenvalue weighted by Gasteiger charge is -2.61. The molecule has 8 unspecified atom stereocenters. The molecule has 1 N–H and O–H groups in total. The van der Waals surface area contributed by atoms with E-state index in [0.29, 0.717) is 36.1 Å². The summed E-state index contributed by atoms with van der Waals surface area (Å²) in [7, 11) is 1.83. The Kier molecular flexibility index (Phi) is 3.70. The molecule has 130 valence electrons. The summed E-state index contributed by atoms with van der Waals surface area (Å²) in [5, 5.41) is 11.1. The molecule has 4 saturated carbocycles. The topological polar surface area (TPSA) is 46.5 Å². The number of hydrogen-bond donors (Lipinski definition) is 1. The van der Waals surface area contributed by atoms with Gasteiger partial charge in [-0.2, -0.15) is 0 Å². The van der Waals surface area contributed by atoms with Crippen molar-refractivity contribution in [3.8, 4) is 0 Å². The quantitative estimate of drug-likeness (QED) is 0.803. The highest BCUT2D eigenvalue weighted by Crippen LogP contribution is 2.65. The molecular weight excluding hydrogens is 288 g/mol. The molecule has 4 fully saturated rings. The Morgan fingerprint density at radius 3 is 2.57 bits per heavy atom. The average molecular weight is 320 g/mol. The molecule has 0 bridgehead atoms. The highest BCUT2D eigenvalue weighted by Gasteiger charge is 2.63. The zero-order valence-corrected chi connectivity index (χ0v) is 14.9. The van der Waals surface area contributed by atoms with Crippen LogP contribution in [-0.2, 0) is 9.53 Å². The summed E-state index contributed by atoms with van der Waals surface area (Å²) < 4.78 is 5.71. The summed E-state index contributed by atoms with van der Waals surface area (Å²) in [4.78, 5) is 12.5. The van der Waals surface area contributed by atoms with Crippen LogP contribution in [0.3, 0.4) is 0 Å². The molecule has 23 heavy (non-hydrogen) atoms. The highest BCUT2D eigenvalue weighted by atomic mass is 16.5. The number of ether oxygens (including phenoxy) is 1. The Morgan fingerprint density at radius 2 is 1.83 bits per heavy atom. The SMILES string of the molecule is COC1CCC2CCC3C4CCC(=O)C4(C)CC(O)C3C2(C)C1. The van der Waals surface area contributed by atoms with Gasteiger partial charge in [0.2, 0.25) is 0 Å². The lowest BCUT2D eigenvalue weighted by atomic mass is 9.44. The van der Waals surface area contributed by atoms with E-state index in [0.717, 1.165) is 25.2 Å². The van der Waals surface area contributed by atoms with Gasteiger partial charge >= 0.3 is 0 Å². The zero-order chi connectivity index (χ0) is 16.4. The molecule has 0 amide bonds. The van der Waals surface area contributed by atoms with Gasteiger partial charge in [0.05, 0.1) is 12.2 Å². The van der Waals surface area contributed by atoms with Crippen LogP contribution in [0.4, 0.5) is 0 Å². The molecule has 0 radical (unpaired) electrons.